The molecular weight excluding hydrogens is 182 g/mol. The van der Waals surface area contributed by atoms with Crippen molar-refractivity contribution in [2.24, 2.45) is 0 Å². The van der Waals surface area contributed by atoms with Crippen LogP contribution in [-0.4, -0.2) is 21.2 Å². The van der Waals surface area contributed by atoms with E-state index in [1.54, 1.807) is 18.3 Å². The van der Waals surface area contributed by atoms with Crippen LogP contribution in [0.2, 0.25) is 0 Å². The van der Waals surface area contributed by atoms with Gasteiger partial charge in [-0.25, -0.2) is 0 Å². The fourth-order valence-electron chi connectivity index (χ4n) is 0.726. The summed E-state index contributed by atoms with van der Waals surface area (Å²) in [4.78, 5) is 12.9. The maximum atomic E-state index is 9.16. The van der Waals surface area contributed by atoms with Crippen LogP contribution in [-0.2, 0) is 4.79 Å². The molecule has 1 heterocycles. The molecule has 14 heavy (non-hydrogen) atoms. The summed E-state index contributed by atoms with van der Waals surface area (Å²) in [6, 6.07) is 3.28. The molecular formula is C10H13NO3. The van der Waals surface area contributed by atoms with Gasteiger partial charge in [-0.05, 0) is 24.6 Å². The Morgan fingerprint density at radius 3 is 2.29 bits per heavy atom. The summed E-state index contributed by atoms with van der Waals surface area (Å²) >= 11 is 0. The second-order valence-corrected chi connectivity index (χ2v) is 2.67. The fourth-order valence-corrected chi connectivity index (χ4v) is 0.726. The Morgan fingerprint density at radius 2 is 2.00 bits per heavy atom. The van der Waals surface area contributed by atoms with Crippen LogP contribution in [0, 0.1) is 0 Å². The zero-order valence-corrected chi connectivity index (χ0v) is 8.19. The minimum atomic E-state index is -0.833. The number of carbonyl (C=O) groups is 1. The molecule has 0 unspecified atom stereocenters. The van der Waals surface area contributed by atoms with E-state index in [4.69, 9.17) is 15.0 Å². The zero-order chi connectivity index (χ0) is 11.1. The third kappa shape index (κ3) is 4.92. The van der Waals surface area contributed by atoms with E-state index in [1.807, 2.05) is 6.92 Å². The maximum Gasteiger partial charge on any atom is 0.300 e. The quantitative estimate of drug-likeness (QED) is 0.718. The number of aromatic hydroxyl groups is 1. The number of rotatable bonds is 1. The van der Waals surface area contributed by atoms with Crippen molar-refractivity contribution in [1.29, 1.82) is 0 Å². The van der Waals surface area contributed by atoms with E-state index in [1.165, 1.54) is 0 Å². The van der Waals surface area contributed by atoms with Crippen molar-refractivity contribution >= 4 is 11.5 Å². The molecule has 76 valence electrons. The number of nitrogens with zero attached hydrogens (tertiary/aromatic N) is 1. The molecule has 0 atom stereocenters. The Balaban J connectivity index is 0.000000364. The number of carboxylic acids is 1. The van der Waals surface area contributed by atoms with Crippen molar-refractivity contribution in [3.63, 3.8) is 0 Å². The van der Waals surface area contributed by atoms with Gasteiger partial charge in [0.05, 0.1) is 0 Å². The standard InChI is InChI=1S/C8H9NO.C2H4O2/c1-6(2)8-7(10)4-3-5-9-8;1-2(3)4/h3-5,10H,1H2,2H3;1H3,(H,3,4). The van der Waals surface area contributed by atoms with Gasteiger partial charge < -0.3 is 10.2 Å². The van der Waals surface area contributed by atoms with Crippen LogP contribution in [0.3, 0.4) is 0 Å². The number of pyridine rings is 1. The van der Waals surface area contributed by atoms with Crippen LogP contribution in [0.25, 0.3) is 5.57 Å². The molecule has 1 aromatic heterocycles. The van der Waals surface area contributed by atoms with Crippen LogP contribution in [0.5, 0.6) is 5.75 Å². The second kappa shape index (κ2) is 5.75. The van der Waals surface area contributed by atoms with Gasteiger partial charge in [0.1, 0.15) is 11.4 Å². The van der Waals surface area contributed by atoms with Gasteiger partial charge in [0.2, 0.25) is 0 Å². The number of carboxylic acid groups (broad SMARTS) is 1. The van der Waals surface area contributed by atoms with Crippen molar-refractivity contribution < 1.29 is 15.0 Å². The van der Waals surface area contributed by atoms with Crippen molar-refractivity contribution in [3.8, 4) is 5.75 Å². The summed E-state index contributed by atoms with van der Waals surface area (Å²) in [7, 11) is 0. The van der Waals surface area contributed by atoms with E-state index in [0.717, 1.165) is 12.5 Å². The van der Waals surface area contributed by atoms with Crippen molar-refractivity contribution in [2.45, 2.75) is 13.8 Å². The SMILES string of the molecule is C=C(C)c1ncccc1O.CC(=O)O. The van der Waals surface area contributed by atoms with Gasteiger partial charge in [0.25, 0.3) is 5.97 Å². The van der Waals surface area contributed by atoms with Gasteiger partial charge in [-0.2, -0.15) is 0 Å². The molecule has 0 aromatic carbocycles. The number of aliphatic carboxylic acids is 1. The van der Waals surface area contributed by atoms with Crippen LogP contribution in [0.4, 0.5) is 0 Å². The van der Waals surface area contributed by atoms with Gasteiger partial charge in [0.15, 0.2) is 0 Å². The molecule has 0 aliphatic carbocycles. The largest absolute Gasteiger partial charge is 0.506 e. The number of hydrogen-bond donors (Lipinski definition) is 2. The van der Waals surface area contributed by atoms with Gasteiger partial charge in [-0.1, -0.05) is 6.58 Å². The summed E-state index contributed by atoms with van der Waals surface area (Å²) in [5.41, 5.74) is 1.35. The average molecular weight is 195 g/mol. The monoisotopic (exact) mass is 195 g/mol. The minimum Gasteiger partial charge on any atom is -0.506 e. The lowest BCUT2D eigenvalue weighted by molar-refractivity contribution is -0.134. The Labute approximate surface area is 82.5 Å². The van der Waals surface area contributed by atoms with Crippen molar-refractivity contribution in [3.05, 3.63) is 30.6 Å². The predicted octanol–water partition coefficient (Wildman–Crippen LogP) is 1.91. The van der Waals surface area contributed by atoms with E-state index in [9.17, 15) is 0 Å². The highest BCUT2D eigenvalue weighted by atomic mass is 16.4. The third-order valence-electron chi connectivity index (χ3n) is 1.19. The molecule has 0 amide bonds. The molecule has 0 saturated carbocycles. The Kier molecular flexibility index (Phi) is 4.99. The predicted molar refractivity (Wildman–Crippen MR) is 53.9 cm³/mol. The molecule has 0 saturated heterocycles. The van der Waals surface area contributed by atoms with Gasteiger partial charge in [-0.3, -0.25) is 9.78 Å². The van der Waals surface area contributed by atoms with Crippen LogP contribution in [0.15, 0.2) is 24.9 Å². The first kappa shape index (κ1) is 12.2. The average Bonchev–Trinajstić information content (AvgIpc) is 2.03. The highest BCUT2D eigenvalue weighted by molar-refractivity contribution is 5.63. The van der Waals surface area contributed by atoms with E-state index >= 15 is 0 Å². The number of hydrogen-bond acceptors (Lipinski definition) is 3. The van der Waals surface area contributed by atoms with Gasteiger partial charge >= 0.3 is 0 Å². The summed E-state index contributed by atoms with van der Waals surface area (Å²) in [6.07, 6.45) is 1.63. The smallest absolute Gasteiger partial charge is 0.300 e. The molecule has 1 rings (SSSR count). The van der Waals surface area contributed by atoms with Crippen LogP contribution < -0.4 is 0 Å². The summed E-state index contributed by atoms with van der Waals surface area (Å²) in [6.45, 7) is 6.55. The Bertz CT molecular complexity index is 330. The zero-order valence-electron chi connectivity index (χ0n) is 8.19. The molecule has 1 aromatic rings. The second-order valence-electron chi connectivity index (χ2n) is 2.67. The van der Waals surface area contributed by atoms with Crippen LogP contribution >= 0.6 is 0 Å². The van der Waals surface area contributed by atoms with Gasteiger partial charge in [-0.15, -0.1) is 0 Å². The molecule has 0 bridgehead atoms. The van der Waals surface area contributed by atoms with E-state index in [-0.39, 0.29) is 5.75 Å². The van der Waals surface area contributed by atoms with E-state index in [2.05, 4.69) is 11.6 Å². The molecule has 4 nitrogen and oxygen atoms in total. The lowest BCUT2D eigenvalue weighted by atomic mass is 10.2. The highest BCUT2D eigenvalue weighted by Gasteiger charge is 1.99. The molecule has 0 fully saturated rings. The summed E-state index contributed by atoms with van der Waals surface area (Å²) in [5, 5.41) is 16.6. The highest BCUT2D eigenvalue weighted by Crippen LogP contribution is 2.19. The minimum absolute atomic E-state index is 0.190. The van der Waals surface area contributed by atoms with E-state index < -0.39 is 5.97 Å². The van der Waals surface area contributed by atoms with Gasteiger partial charge in [0, 0.05) is 13.1 Å². The lowest BCUT2D eigenvalue weighted by Crippen LogP contribution is -1.83. The number of allylic oxidation sites excluding steroid dienone is 1. The first-order valence-corrected chi connectivity index (χ1v) is 3.94. The van der Waals surface area contributed by atoms with E-state index in [0.29, 0.717) is 5.69 Å². The third-order valence-corrected chi connectivity index (χ3v) is 1.19. The normalized spacial score (nSPS) is 8.43. The maximum absolute atomic E-state index is 9.16. The Hall–Kier alpha value is -1.84. The number of aromatic nitrogens is 1. The van der Waals surface area contributed by atoms with Crippen molar-refractivity contribution in [1.82, 2.24) is 4.98 Å². The molecule has 0 aliphatic rings. The molecule has 0 radical (unpaired) electrons. The molecule has 2 N–H and O–H groups in total. The molecule has 4 heteroatoms. The summed E-state index contributed by atoms with van der Waals surface area (Å²) in [5.74, 6) is -0.644. The lowest BCUT2D eigenvalue weighted by Gasteiger charge is -1.99. The topological polar surface area (TPSA) is 70.4 Å². The molecule has 0 aliphatic heterocycles. The Morgan fingerprint density at radius 1 is 1.50 bits per heavy atom. The fraction of sp³-hybridized carbons (Fsp3) is 0.200. The van der Waals surface area contributed by atoms with Crippen LogP contribution in [0.1, 0.15) is 19.5 Å². The van der Waals surface area contributed by atoms with Crippen molar-refractivity contribution in [2.75, 3.05) is 0 Å². The molecule has 0 spiro atoms. The first-order chi connectivity index (χ1) is 6.45. The first-order valence-electron chi connectivity index (χ1n) is 3.94. The summed E-state index contributed by atoms with van der Waals surface area (Å²) < 4.78 is 0.